The molecule has 0 saturated heterocycles. The number of aryl methyl sites for hydroxylation is 2. The maximum Gasteiger partial charge on any atom is 0.329 e. The van der Waals surface area contributed by atoms with Crippen LogP contribution in [0.4, 0.5) is 0 Å². The van der Waals surface area contributed by atoms with Gasteiger partial charge in [-0.1, -0.05) is 0 Å². The smallest absolute Gasteiger partial charge is 0.329 e. The lowest BCUT2D eigenvalue weighted by Crippen LogP contribution is -2.31. The van der Waals surface area contributed by atoms with E-state index >= 15 is 0 Å². The molecule has 0 bridgehead atoms. The van der Waals surface area contributed by atoms with E-state index in [1.807, 2.05) is 26.8 Å². The van der Waals surface area contributed by atoms with E-state index in [9.17, 15) is 9.59 Å². The van der Waals surface area contributed by atoms with Gasteiger partial charge in [0.2, 0.25) is 5.91 Å². The van der Waals surface area contributed by atoms with Gasteiger partial charge in [-0.25, -0.2) is 4.79 Å². The molecule has 1 rings (SSSR count). The first-order valence-electron chi connectivity index (χ1n) is 5.56. The Kier molecular flexibility index (Phi) is 4.91. The second kappa shape index (κ2) is 6.20. The predicted molar refractivity (Wildman–Crippen MR) is 63.2 cm³/mol. The van der Waals surface area contributed by atoms with Gasteiger partial charge in [-0.05, 0) is 26.8 Å². The Bertz CT molecular complexity index is 438. The molecule has 0 aliphatic heterocycles. The van der Waals surface area contributed by atoms with Gasteiger partial charge in [0.05, 0.1) is 6.04 Å². The van der Waals surface area contributed by atoms with Crippen molar-refractivity contribution in [2.45, 2.75) is 26.8 Å². The molecule has 0 radical (unpaired) electrons. The van der Waals surface area contributed by atoms with Crippen molar-refractivity contribution in [1.82, 2.24) is 5.32 Å². The molecule has 0 aromatic carbocycles. The topological polar surface area (TPSA) is 88.8 Å². The van der Waals surface area contributed by atoms with Crippen molar-refractivity contribution < 1.29 is 23.8 Å². The van der Waals surface area contributed by atoms with E-state index in [1.165, 1.54) is 0 Å². The first kappa shape index (κ1) is 14.2. The SMILES string of the molecule is Cc1cc(C(C)NC(=O)COCC(=O)O)c(C)o1. The standard InChI is InChI=1S/C12H17NO5/c1-7-4-10(9(3)18-7)8(2)13-11(14)5-17-6-12(15)16/h4,8H,5-6H2,1-3H3,(H,13,14)(H,15,16). The zero-order valence-electron chi connectivity index (χ0n) is 10.6. The number of aliphatic carboxylic acids is 1. The van der Waals surface area contributed by atoms with Gasteiger partial charge in [-0.15, -0.1) is 0 Å². The van der Waals surface area contributed by atoms with Gasteiger partial charge in [-0.3, -0.25) is 4.79 Å². The maximum atomic E-state index is 11.5. The van der Waals surface area contributed by atoms with Crippen LogP contribution in [0.5, 0.6) is 0 Å². The van der Waals surface area contributed by atoms with Crippen LogP contribution >= 0.6 is 0 Å². The monoisotopic (exact) mass is 255 g/mol. The average Bonchev–Trinajstić information content (AvgIpc) is 2.57. The Morgan fingerprint density at radius 2 is 2.11 bits per heavy atom. The number of ether oxygens (including phenoxy) is 1. The van der Waals surface area contributed by atoms with Gasteiger partial charge >= 0.3 is 5.97 Å². The summed E-state index contributed by atoms with van der Waals surface area (Å²) in [6.45, 7) is 4.73. The minimum absolute atomic E-state index is 0.205. The Hall–Kier alpha value is -1.82. The predicted octanol–water partition coefficient (Wildman–Crippen LogP) is 1.17. The molecule has 1 atom stereocenters. The van der Waals surface area contributed by atoms with Gasteiger partial charge in [0.1, 0.15) is 24.7 Å². The first-order valence-corrected chi connectivity index (χ1v) is 5.56. The summed E-state index contributed by atoms with van der Waals surface area (Å²) in [6.07, 6.45) is 0. The number of hydrogen-bond acceptors (Lipinski definition) is 4. The quantitative estimate of drug-likeness (QED) is 0.796. The molecule has 0 aliphatic carbocycles. The molecular formula is C12H17NO5. The number of nitrogens with one attached hydrogen (secondary N) is 1. The fraction of sp³-hybridized carbons (Fsp3) is 0.500. The number of carboxylic acids is 1. The van der Waals surface area contributed by atoms with Crippen LogP contribution in [0.2, 0.25) is 0 Å². The van der Waals surface area contributed by atoms with Crippen molar-refractivity contribution in [3.8, 4) is 0 Å². The number of carbonyl (C=O) groups excluding carboxylic acids is 1. The minimum Gasteiger partial charge on any atom is -0.480 e. The Morgan fingerprint density at radius 1 is 1.44 bits per heavy atom. The van der Waals surface area contributed by atoms with Crippen molar-refractivity contribution >= 4 is 11.9 Å². The summed E-state index contributed by atoms with van der Waals surface area (Å²) in [5.74, 6) is 0.0802. The van der Waals surface area contributed by atoms with Gasteiger partial charge < -0.3 is 19.6 Å². The summed E-state index contributed by atoms with van der Waals surface area (Å²) >= 11 is 0. The fourth-order valence-electron chi connectivity index (χ4n) is 1.67. The number of rotatable bonds is 6. The van der Waals surface area contributed by atoms with Crippen LogP contribution < -0.4 is 5.32 Å². The highest BCUT2D eigenvalue weighted by Crippen LogP contribution is 2.20. The number of carboxylic acid groups (broad SMARTS) is 1. The normalized spacial score (nSPS) is 12.2. The molecule has 0 fully saturated rings. The molecule has 1 unspecified atom stereocenters. The Balaban J connectivity index is 2.44. The van der Waals surface area contributed by atoms with Crippen molar-refractivity contribution in [3.63, 3.8) is 0 Å². The van der Waals surface area contributed by atoms with Crippen molar-refractivity contribution in [2.24, 2.45) is 0 Å². The van der Waals surface area contributed by atoms with Crippen LogP contribution in [0, 0.1) is 13.8 Å². The summed E-state index contributed by atoms with van der Waals surface area (Å²) in [4.78, 5) is 21.7. The first-order chi connectivity index (χ1) is 8.40. The van der Waals surface area contributed by atoms with Crippen molar-refractivity contribution in [2.75, 3.05) is 13.2 Å². The Labute approximate surface area is 105 Å². The molecule has 0 aliphatic rings. The second-order valence-electron chi connectivity index (χ2n) is 4.04. The molecule has 100 valence electrons. The molecule has 0 spiro atoms. The zero-order valence-corrected chi connectivity index (χ0v) is 10.6. The molecule has 1 heterocycles. The molecular weight excluding hydrogens is 238 g/mol. The minimum atomic E-state index is -1.10. The summed E-state index contributed by atoms with van der Waals surface area (Å²) in [5, 5.41) is 11.1. The highest BCUT2D eigenvalue weighted by molar-refractivity contribution is 5.78. The van der Waals surface area contributed by atoms with Crippen LogP contribution in [-0.2, 0) is 14.3 Å². The summed E-state index contributed by atoms with van der Waals surface area (Å²) in [5.41, 5.74) is 0.902. The molecule has 2 N–H and O–H groups in total. The molecule has 0 saturated carbocycles. The third kappa shape index (κ3) is 4.21. The molecule has 6 heteroatoms. The van der Waals surface area contributed by atoms with E-state index in [0.29, 0.717) is 0 Å². The summed E-state index contributed by atoms with van der Waals surface area (Å²) < 4.78 is 10.1. The second-order valence-corrected chi connectivity index (χ2v) is 4.04. The maximum absolute atomic E-state index is 11.5. The highest BCUT2D eigenvalue weighted by Gasteiger charge is 2.15. The van der Waals surface area contributed by atoms with Gasteiger partial charge in [0.15, 0.2) is 0 Å². The lowest BCUT2D eigenvalue weighted by Gasteiger charge is -2.12. The lowest BCUT2D eigenvalue weighted by molar-refractivity contribution is -0.143. The lowest BCUT2D eigenvalue weighted by atomic mass is 10.1. The fourth-order valence-corrected chi connectivity index (χ4v) is 1.67. The zero-order chi connectivity index (χ0) is 13.7. The Morgan fingerprint density at radius 3 is 2.61 bits per heavy atom. The third-order valence-electron chi connectivity index (χ3n) is 2.38. The molecule has 6 nitrogen and oxygen atoms in total. The van der Waals surface area contributed by atoms with Gasteiger partial charge in [0.25, 0.3) is 0 Å². The molecule has 1 aromatic rings. The van der Waals surface area contributed by atoms with E-state index < -0.39 is 12.6 Å². The summed E-state index contributed by atoms with van der Waals surface area (Å²) in [6, 6.07) is 1.65. The van der Waals surface area contributed by atoms with Crippen LogP contribution in [0.25, 0.3) is 0 Å². The van der Waals surface area contributed by atoms with E-state index in [2.05, 4.69) is 5.32 Å². The highest BCUT2D eigenvalue weighted by atomic mass is 16.5. The molecule has 18 heavy (non-hydrogen) atoms. The van der Waals surface area contributed by atoms with Gasteiger partial charge in [0, 0.05) is 5.56 Å². The number of furan rings is 1. The van der Waals surface area contributed by atoms with Crippen LogP contribution in [0.15, 0.2) is 10.5 Å². The van der Waals surface area contributed by atoms with Crippen LogP contribution in [0.3, 0.4) is 0 Å². The number of carbonyl (C=O) groups is 2. The third-order valence-corrected chi connectivity index (χ3v) is 2.38. The van der Waals surface area contributed by atoms with Crippen LogP contribution in [0.1, 0.15) is 30.0 Å². The molecule has 1 amide bonds. The largest absolute Gasteiger partial charge is 0.480 e. The number of hydrogen-bond donors (Lipinski definition) is 2. The van der Waals surface area contributed by atoms with E-state index in [0.717, 1.165) is 17.1 Å². The van der Waals surface area contributed by atoms with E-state index in [-0.39, 0.29) is 18.6 Å². The number of amides is 1. The van der Waals surface area contributed by atoms with Crippen molar-refractivity contribution in [1.29, 1.82) is 0 Å². The molecule has 1 aromatic heterocycles. The van der Waals surface area contributed by atoms with Crippen molar-refractivity contribution in [3.05, 3.63) is 23.2 Å². The van der Waals surface area contributed by atoms with Gasteiger partial charge in [-0.2, -0.15) is 0 Å². The summed E-state index contributed by atoms with van der Waals surface area (Å²) in [7, 11) is 0. The van der Waals surface area contributed by atoms with Crippen LogP contribution in [-0.4, -0.2) is 30.2 Å². The van der Waals surface area contributed by atoms with E-state index in [1.54, 1.807) is 0 Å². The van der Waals surface area contributed by atoms with E-state index in [4.69, 9.17) is 14.3 Å². The average molecular weight is 255 g/mol.